The second-order valence-electron chi connectivity index (χ2n) is 4.80. The zero-order valence-corrected chi connectivity index (χ0v) is 13.4. The maximum Gasteiger partial charge on any atom is 0.241 e. The van der Waals surface area contributed by atoms with Crippen molar-refractivity contribution < 1.29 is 8.42 Å². The Labute approximate surface area is 124 Å². The van der Waals surface area contributed by atoms with Crippen molar-refractivity contribution in [2.24, 2.45) is 5.14 Å². The van der Waals surface area contributed by atoms with Crippen LogP contribution in [0, 0.1) is 13.8 Å². The molecule has 0 aliphatic rings. The average Bonchev–Trinajstić information content (AvgIpc) is 2.75. The molecule has 0 saturated carbocycles. The molecule has 0 amide bonds. The van der Waals surface area contributed by atoms with E-state index in [-0.39, 0.29) is 4.90 Å². The summed E-state index contributed by atoms with van der Waals surface area (Å²) in [5.41, 5.74) is 1.81. The van der Waals surface area contributed by atoms with Gasteiger partial charge in [0.25, 0.3) is 0 Å². The Morgan fingerprint density at radius 1 is 1.19 bits per heavy atom. The fourth-order valence-electron chi connectivity index (χ4n) is 2.35. The zero-order valence-electron chi connectivity index (χ0n) is 12.6. The first-order chi connectivity index (χ1) is 9.77. The van der Waals surface area contributed by atoms with E-state index < -0.39 is 10.0 Å². The van der Waals surface area contributed by atoms with Crippen LogP contribution in [0.15, 0.2) is 11.0 Å². The van der Waals surface area contributed by atoms with Gasteiger partial charge in [-0.15, -0.1) is 0 Å². The molecule has 0 saturated heterocycles. The van der Waals surface area contributed by atoms with Gasteiger partial charge in [-0.1, -0.05) is 13.8 Å². The summed E-state index contributed by atoms with van der Waals surface area (Å²) in [4.78, 5) is 8.67. The Hall–Kier alpha value is -1.80. The molecular formula is C13H19N5O2S. The maximum atomic E-state index is 11.9. The number of hydrogen-bond donors (Lipinski definition) is 1. The number of primary sulfonamides is 1. The lowest BCUT2D eigenvalue weighted by Gasteiger charge is -2.07. The van der Waals surface area contributed by atoms with Crippen molar-refractivity contribution in [2.45, 2.75) is 45.4 Å². The minimum absolute atomic E-state index is 0.112. The van der Waals surface area contributed by atoms with Gasteiger partial charge in [-0.25, -0.2) is 28.2 Å². The molecule has 0 bridgehead atoms. The van der Waals surface area contributed by atoms with Gasteiger partial charge in [0.1, 0.15) is 10.7 Å². The molecule has 0 aromatic carbocycles. The molecule has 2 rings (SSSR count). The Bertz CT molecular complexity index is 760. The summed E-state index contributed by atoms with van der Waals surface area (Å²) in [6.45, 7) is 7.35. The van der Waals surface area contributed by atoms with Crippen molar-refractivity contribution in [2.75, 3.05) is 0 Å². The van der Waals surface area contributed by atoms with Gasteiger partial charge in [-0.3, -0.25) is 0 Å². The van der Waals surface area contributed by atoms with Crippen LogP contribution in [0.2, 0.25) is 0 Å². The summed E-state index contributed by atoms with van der Waals surface area (Å²) in [6.07, 6.45) is 0.968. The molecule has 0 radical (unpaired) electrons. The number of rotatable bonds is 4. The van der Waals surface area contributed by atoms with Crippen molar-refractivity contribution in [3.05, 3.63) is 29.0 Å². The molecule has 0 fully saturated rings. The third-order valence-electron chi connectivity index (χ3n) is 3.12. The van der Waals surface area contributed by atoms with E-state index >= 15 is 0 Å². The van der Waals surface area contributed by atoms with Crippen molar-refractivity contribution in [3.63, 3.8) is 0 Å². The fourth-order valence-corrected chi connectivity index (χ4v) is 3.43. The summed E-state index contributed by atoms with van der Waals surface area (Å²) < 4.78 is 25.3. The van der Waals surface area contributed by atoms with Crippen molar-refractivity contribution >= 4 is 10.0 Å². The minimum atomic E-state index is -3.82. The van der Waals surface area contributed by atoms with Crippen LogP contribution in [-0.2, 0) is 22.9 Å². The van der Waals surface area contributed by atoms with Crippen molar-refractivity contribution in [3.8, 4) is 5.82 Å². The number of hydrogen-bond acceptors (Lipinski definition) is 5. The first-order valence-electron chi connectivity index (χ1n) is 6.74. The van der Waals surface area contributed by atoms with Gasteiger partial charge < -0.3 is 0 Å². The molecule has 2 N–H and O–H groups in total. The lowest BCUT2D eigenvalue weighted by molar-refractivity contribution is 0.595. The third kappa shape index (κ3) is 2.96. The largest absolute Gasteiger partial charge is 0.241 e. The highest BCUT2D eigenvalue weighted by Crippen LogP contribution is 2.23. The van der Waals surface area contributed by atoms with Crippen molar-refractivity contribution in [1.29, 1.82) is 0 Å². The molecule has 0 aliphatic carbocycles. The summed E-state index contributed by atoms with van der Waals surface area (Å²) in [7, 11) is -3.82. The lowest BCUT2D eigenvalue weighted by Crippen LogP contribution is -2.16. The van der Waals surface area contributed by atoms with Gasteiger partial charge in [0, 0.05) is 11.8 Å². The van der Waals surface area contributed by atoms with E-state index in [4.69, 9.17) is 5.14 Å². The molecule has 2 heterocycles. The lowest BCUT2D eigenvalue weighted by atomic mass is 10.2. The molecule has 2 aromatic rings. The predicted octanol–water partition coefficient (Wildman–Crippen LogP) is 1.05. The third-order valence-corrected chi connectivity index (χ3v) is 4.16. The predicted molar refractivity (Wildman–Crippen MR) is 78.8 cm³/mol. The first kappa shape index (κ1) is 15.6. The highest BCUT2D eigenvalue weighted by atomic mass is 32.2. The number of sulfonamides is 1. The van der Waals surface area contributed by atoms with Gasteiger partial charge in [0.05, 0.1) is 11.4 Å². The van der Waals surface area contributed by atoms with E-state index in [0.717, 1.165) is 5.69 Å². The van der Waals surface area contributed by atoms with Gasteiger partial charge in [-0.05, 0) is 26.7 Å². The second kappa shape index (κ2) is 5.53. The molecule has 0 aliphatic heterocycles. The second-order valence-corrected chi connectivity index (χ2v) is 6.30. The van der Waals surface area contributed by atoms with Crippen LogP contribution in [0.25, 0.3) is 5.82 Å². The maximum absolute atomic E-state index is 11.9. The van der Waals surface area contributed by atoms with E-state index in [1.807, 2.05) is 20.8 Å². The highest BCUT2D eigenvalue weighted by Gasteiger charge is 2.25. The Morgan fingerprint density at radius 3 is 2.33 bits per heavy atom. The smallest absolute Gasteiger partial charge is 0.238 e. The van der Waals surface area contributed by atoms with E-state index in [1.165, 1.54) is 0 Å². The topological polar surface area (TPSA) is 104 Å². The van der Waals surface area contributed by atoms with Gasteiger partial charge >= 0.3 is 0 Å². The molecule has 0 spiro atoms. The van der Waals surface area contributed by atoms with Gasteiger partial charge in [0.2, 0.25) is 10.0 Å². The van der Waals surface area contributed by atoms with Crippen LogP contribution in [0.4, 0.5) is 0 Å². The number of aromatic nitrogens is 4. The Balaban J connectivity index is 2.78. The van der Waals surface area contributed by atoms with Crippen LogP contribution in [0.5, 0.6) is 0 Å². The molecule has 21 heavy (non-hydrogen) atoms. The Kier molecular flexibility index (Phi) is 4.11. The standard InChI is InChI=1S/C13H19N5O2S/c1-5-10-13(21(14,19)20)11(6-2)18(17-10)12-7-8(3)15-9(4)16-12/h7H,5-6H2,1-4H3,(H2,14,19,20). The van der Waals surface area contributed by atoms with Crippen LogP contribution in [-0.4, -0.2) is 28.2 Å². The fraction of sp³-hybridized carbons (Fsp3) is 0.462. The molecule has 2 aromatic heterocycles. The number of aryl methyl sites for hydroxylation is 3. The highest BCUT2D eigenvalue weighted by molar-refractivity contribution is 7.89. The summed E-state index contributed by atoms with van der Waals surface area (Å²) in [5, 5.41) is 9.73. The van der Waals surface area contributed by atoms with Crippen LogP contribution in [0.3, 0.4) is 0 Å². The number of nitrogens with two attached hydrogens (primary N) is 1. The average molecular weight is 309 g/mol. The number of nitrogens with zero attached hydrogens (tertiary/aromatic N) is 4. The quantitative estimate of drug-likeness (QED) is 0.909. The minimum Gasteiger partial charge on any atom is -0.238 e. The zero-order chi connectivity index (χ0) is 15.8. The molecule has 0 unspecified atom stereocenters. The Morgan fingerprint density at radius 2 is 1.86 bits per heavy atom. The van der Waals surface area contributed by atoms with Crippen LogP contribution >= 0.6 is 0 Å². The summed E-state index contributed by atoms with van der Waals surface area (Å²) in [6, 6.07) is 1.77. The SMILES string of the molecule is CCc1nn(-c2cc(C)nc(C)n2)c(CC)c1S(N)(=O)=O. The van der Waals surface area contributed by atoms with E-state index in [1.54, 1.807) is 17.7 Å². The van der Waals surface area contributed by atoms with E-state index in [0.29, 0.717) is 35.9 Å². The van der Waals surface area contributed by atoms with Crippen LogP contribution in [0.1, 0.15) is 36.8 Å². The molecule has 114 valence electrons. The molecular weight excluding hydrogens is 290 g/mol. The van der Waals surface area contributed by atoms with Gasteiger partial charge in [-0.2, -0.15) is 5.10 Å². The summed E-state index contributed by atoms with van der Waals surface area (Å²) >= 11 is 0. The molecule has 8 heteroatoms. The first-order valence-corrected chi connectivity index (χ1v) is 8.28. The molecule has 7 nitrogen and oxygen atoms in total. The van der Waals surface area contributed by atoms with Crippen LogP contribution < -0.4 is 5.14 Å². The summed E-state index contributed by atoms with van der Waals surface area (Å²) in [5.74, 6) is 1.17. The normalized spacial score (nSPS) is 11.9. The van der Waals surface area contributed by atoms with Crippen molar-refractivity contribution in [1.82, 2.24) is 19.7 Å². The monoisotopic (exact) mass is 309 g/mol. The van der Waals surface area contributed by atoms with E-state index in [2.05, 4.69) is 15.1 Å². The van der Waals surface area contributed by atoms with Gasteiger partial charge in [0.15, 0.2) is 5.82 Å². The van der Waals surface area contributed by atoms with E-state index in [9.17, 15) is 8.42 Å². The molecule has 0 atom stereocenters.